The lowest BCUT2D eigenvalue weighted by Crippen LogP contribution is -2.31. The first-order valence-corrected chi connectivity index (χ1v) is 9.25. The van der Waals surface area contributed by atoms with Gasteiger partial charge in [0.2, 0.25) is 5.91 Å². The number of carbonyl (C=O) groups excluding carboxylic acids is 1. The fourth-order valence-electron chi connectivity index (χ4n) is 2.88. The number of rotatable bonds is 4. The lowest BCUT2D eigenvalue weighted by molar-refractivity contribution is -0.124. The first kappa shape index (κ1) is 15.0. The van der Waals surface area contributed by atoms with Crippen LogP contribution in [0.4, 0.5) is 0 Å². The Morgan fingerprint density at radius 2 is 2.18 bits per heavy atom. The van der Waals surface area contributed by atoms with E-state index in [1.54, 1.807) is 0 Å². The average Bonchev–Trinajstić information content (AvgIpc) is 3.05. The molecule has 1 aliphatic rings. The predicted molar refractivity (Wildman–Crippen MR) is 84.0 cm³/mol. The van der Waals surface area contributed by atoms with Crippen LogP contribution in [0.3, 0.4) is 0 Å². The van der Waals surface area contributed by atoms with Gasteiger partial charge < -0.3 is 5.32 Å². The third-order valence-corrected chi connectivity index (χ3v) is 5.84. The lowest BCUT2D eigenvalue weighted by atomic mass is 10.1. The molecule has 1 amide bonds. The molecule has 1 saturated heterocycles. The monoisotopic (exact) mass is 321 g/mol. The Kier molecular flexibility index (Phi) is 3.90. The molecule has 2 heterocycles. The SMILES string of the molecule is CCn1nc(CNC(=O)[C@@H]2CCS(=O)(=O)C2)c2ccccc21. The summed E-state index contributed by atoms with van der Waals surface area (Å²) < 4.78 is 24.8. The van der Waals surface area contributed by atoms with Crippen molar-refractivity contribution in [3.05, 3.63) is 30.0 Å². The van der Waals surface area contributed by atoms with Crippen LogP contribution >= 0.6 is 0 Å². The minimum atomic E-state index is -3.04. The highest BCUT2D eigenvalue weighted by Crippen LogP contribution is 2.20. The number of hydrogen-bond donors (Lipinski definition) is 1. The van der Waals surface area contributed by atoms with Crippen LogP contribution in [0.5, 0.6) is 0 Å². The van der Waals surface area contributed by atoms with Crippen molar-refractivity contribution >= 4 is 26.6 Å². The van der Waals surface area contributed by atoms with Gasteiger partial charge in [-0.05, 0) is 19.4 Å². The third-order valence-electron chi connectivity index (χ3n) is 4.07. The van der Waals surface area contributed by atoms with E-state index in [0.29, 0.717) is 13.0 Å². The average molecular weight is 321 g/mol. The Balaban J connectivity index is 1.73. The first-order valence-electron chi connectivity index (χ1n) is 7.42. The van der Waals surface area contributed by atoms with Gasteiger partial charge in [0.15, 0.2) is 9.84 Å². The highest BCUT2D eigenvalue weighted by atomic mass is 32.2. The van der Waals surface area contributed by atoms with Gasteiger partial charge in [-0.1, -0.05) is 18.2 Å². The minimum Gasteiger partial charge on any atom is -0.350 e. The molecule has 0 aliphatic carbocycles. The number of aromatic nitrogens is 2. The van der Waals surface area contributed by atoms with Crippen molar-refractivity contribution in [3.8, 4) is 0 Å². The van der Waals surface area contributed by atoms with Gasteiger partial charge in [0.05, 0.1) is 35.2 Å². The van der Waals surface area contributed by atoms with Crippen LogP contribution in [0.25, 0.3) is 10.9 Å². The fraction of sp³-hybridized carbons (Fsp3) is 0.467. The number of nitrogens with zero attached hydrogens (tertiary/aromatic N) is 2. The molecule has 1 aromatic heterocycles. The molecule has 1 N–H and O–H groups in total. The topological polar surface area (TPSA) is 81.1 Å². The van der Waals surface area contributed by atoms with Crippen LogP contribution in [-0.4, -0.2) is 35.6 Å². The van der Waals surface area contributed by atoms with E-state index in [1.165, 1.54) is 0 Å². The summed E-state index contributed by atoms with van der Waals surface area (Å²) in [6, 6.07) is 7.89. The van der Waals surface area contributed by atoms with E-state index >= 15 is 0 Å². The quantitative estimate of drug-likeness (QED) is 0.914. The summed E-state index contributed by atoms with van der Waals surface area (Å²) in [4.78, 5) is 12.1. The maximum atomic E-state index is 12.1. The Morgan fingerprint density at radius 3 is 2.86 bits per heavy atom. The fourth-order valence-corrected chi connectivity index (χ4v) is 4.63. The van der Waals surface area contributed by atoms with E-state index in [4.69, 9.17) is 0 Å². The number of aryl methyl sites for hydroxylation is 1. The van der Waals surface area contributed by atoms with Gasteiger partial charge in [-0.3, -0.25) is 9.48 Å². The molecular formula is C15H19N3O3S. The van der Waals surface area contributed by atoms with E-state index < -0.39 is 15.8 Å². The van der Waals surface area contributed by atoms with E-state index in [0.717, 1.165) is 23.1 Å². The molecular weight excluding hydrogens is 302 g/mol. The number of nitrogens with one attached hydrogen (secondary N) is 1. The molecule has 0 spiro atoms. The zero-order valence-electron chi connectivity index (χ0n) is 12.4. The largest absolute Gasteiger partial charge is 0.350 e. The lowest BCUT2D eigenvalue weighted by Gasteiger charge is -2.08. The predicted octanol–water partition coefficient (Wildman–Crippen LogP) is 1.11. The standard InChI is InChI=1S/C15H19N3O3S/c1-2-18-14-6-4-3-5-12(14)13(17-18)9-16-15(19)11-7-8-22(20,21)10-11/h3-6,11H,2,7-10H2,1H3,(H,16,19)/t11-/m1/s1. The van der Waals surface area contributed by atoms with E-state index in [-0.39, 0.29) is 17.4 Å². The van der Waals surface area contributed by atoms with Crippen molar-refractivity contribution in [2.24, 2.45) is 5.92 Å². The van der Waals surface area contributed by atoms with Gasteiger partial charge in [0.25, 0.3) is 0 Å². The summed E-state index contributed by atoms with van der Waals surface area (Å²) in [6.45, 7) is 3.10. The number of fused-ring (bicyclic) bond motifs is 1. The highest BCUT2D eigenvalue weighted by Gasteiger charge is 2.32. The van der Waals surface area contributed by atoms with Gasteiger partial charge in [-0.25, -0.2) is 8.42 Å². The number of amides is 1. The maximum absolute atomic E-state index is 12.1. The normalized spacial score (nSPS) is 20.3. The van der Waals surface area contributed by atoms with E-state index in [1.807, 2.05) is 35.9 Å². The molecule has 0 saturated carbocycles. The molecule has 1 atom stereocenters. The molecule has 1 aliphatic heterocycles. The second-order valence-electron chi connectivity index (χ2n) is 5.60. The number of sulfone groups is 1. The van der Waals surface area contributed by atoms with Crippen molar-refractivity contribution in [1.82, 2.24) is 15.1 Å². The minimum absolute atomic E-state index is 0.0387. The molecule has 7 heteroatoms. The molecule has 118 valence electrons. The zero-order valence-corrected chi connectivity index (χ0v) is 13.3. The molecule has 1 aromatic carbocycles. The summed E-state index contributed by atoms with van der Waals surface area (Å²) in [7, 11) is -3.04. The van der Waals surface area contributed by atoms with Crippen LogP contribution in [0, 0.1) is 5.92 Å². The van der Waals surface area contributed by atoms with Crippen molar-refractivity contribution < 1.29 is 13.2 Å². The molecule has 0 radical (unpaired) electrons. The van der Waals surface area contributed by atoms with Crippen molar-refractivity contribution in [1.29, 1.82) is 0 Å². The van der Waals surface area contributed by atoms with E-state index in [9.17, 15) is 13.2 Å². The van der Waals surface area contributed by atoms with Gasteiger partial charge in [-0.2, -0.15) is 5.10 Å². The van der Waals surface area contributed by atoms with Crippen molar-refractivity contribution in [2.75, 3.05) is 11.5 Å². The summed E-state index contributed by atoms with van der Waals surface area (Å²) >= 11 is 0. The molecule has 1 fully saturated rings. The van der Waals surface area contributed by atoms with Gasteiger partial charge in [0.1, 0.15) is 0 Å². The van der Waals surface area contributed by atoms with Gasteiger partial charge >= 0.3 is 0 Å². The van der Waals surface area contributed by atoms with Crippen molar-refractivity contribution in [3.63, 3.8) is 0 Å². The van der Waals surface area contributed by atoms with Crippen LogP contribution in [0.15, 0.2) is 24.3 Å². The maximum Gasteiger partial charge on any atom is 0.224 e. The van der Waals surface area contributed by atoms with Gasteiger partial charge in [0, 0.05) is 11.9 Å². The number of benzene rings is 1. The Hall–Kier alpha value is -1.89. The first-order chi connectivity index (χ1) is 10.5. The van der Waals surface area contributed by atoms with E-state index in [2.05, 4.69) is 10.4 Å². The van der Waals surface area contributed by atoms with Crippen molar-refractivity contribution in [2.45, 2.75) is 26.4 Å². The van der Waals surface area contributed by atoms with Crippen LogP contribution < -0.4 is 5.32 Å². The molecule has 6 nitrogen and oxygen atoms in total. The Labute approximate surface area is 129 Å². The number of para-hydroxylation sites is 1. The highest BCUT2D eigenvalue weighted by molar-refractivity contribution is 7.91. The number of carbonyl (C=O) groups is 1. The molecule has 22 heavy (non-hydrogen) atoms. The molecule has 0 bridgehead atoms. The van der Waals surface area contributed by atoms with Crippen LogP contribution in [0.1, 0.15) is 19.0 Å². The second kappa shape index (κ2) is 5.72. The second-order valence-corrected chi connectivity index (χ2v) is 7.83. The van der Waals surface area contributed by atoms with Crippen LogP contribution in [-0.2, 0) is 27.7 Å². The smallest absolute Gasteiger partial charge is 0.224 e. The molecule has 0 unspecified atom stereocenters. The van der Waals surface area contributed by atoms with Crippen LogP contribution in [0.2, 0.25) is 0 Å². The summed E-state index contributed by atoms with van der Waals surface area (Å²) in [6.07, 6.45) is 0.415. The van der Waals surface area contributed by atoms with Gasteiger partial charge in [-0.15, -0.1) is 0 Å². The molecule has 3 rings (SSSR count). The molecule has 2 aromatic rings. The zero-order chi connectivity index (χ0) is 15.7. The third kappa shape index (κ3) is 2.85. The Bertz CT molecular complexity index is 811. The summed E-state index contributed by atoms with van der Waals surface area (Å²) in [5.41, 5.74) is 1.85. The number of hydrogen-bond acceptors (Lipinski definition) is 4. The summed E-state index contributed by atoms with van der Waals surface area (Å²) in [5.74, 6) is -0.553. The summed E-state index contributed by atoms with van der Waals surface area (Å²) in [5, 5.41) is 8.37. The Morgan fingerprint density at radius 1 is 1.41 bits per heavy atom.